The second-order valence-corrected chi connectivity index (χ2v) is 8.94. The maximum atomic E-state index is 9.92. The summed E-state index contributed by atoms with van der Waals surface area (Å²) in [5.74, 6) is 0.331. The predicted molar refractivity (Wildman–Crippen MR) is 134 cm³/mol. The molecule has 2 nitrogen and oxygen atoms in total. The monoisotopic (exact) mass is 458 g/mol. The highest BCUT2D eigenvalue weighted by Crippen LogP contribution is 2.39. The lowest BCUT2D eigenvalue weighted by Gasteiger charge is -2.19. The Kier molecular flexibility index (Phi) is 6.42. The Morgan fingerprint density at radius 3 is 2.16 bits per heavy atom. The summed E-state index contributed by atoms with van der Waals surface area (Å²) in [6.45, 7) is 6.52. The Morgan fingerprint density at radius 2 is 1.56 bits per heavy atom. The van der Waals surface area contributed by atoms with E-state index in [1.165, 1.54) is 22.3 Å². The van der Waals surface area contributed by atoms with Gasteiger partial charge in [0, 0.05) is 16.5 Å². The van der Waals surface area contributed by atoms with Crippen LogP contribution in [0, 0.1) is 25.2 Å². The summed E-state index contributed by atoms with van der Waals surface area (Å²) in [5, 5.41) is 11.0. The van der Waals surface area contributed by atoms with Crippen LogP contribution < -0.4 is 0 Å². The summed E-state index contributed by atoms with van der Waals surface area (Å²) in [4.78, 5) is 3.21. The average molecular weight is 459 g/mol. The van der Waals surface area contributed by atoms with Crippen LogP contribution in [0.3, 0.4) is 0 Å². The molecule has 0 saturated carbocycles. The largest absolute Gasteiger partial charge is 0.344 e. The van der Waals surface area contributed by atoms with Crippen LogP contribution in [-0.2, 0) is 0 Å². The Morgan fingerprint density at radius 1 is 0.906 bits per heavy atom. The smallest absolute Gasteiger partial charge is 0.116 e. The fraction of sp³-hybridized carbons (Fsp3) is 0.179. The van der Waals surface area contributed by atoms with Gasteiger partial charge in [-0.15, -0.1) is 0 Å². The molecule has 4 rings (SSSR count). The van der Waals surface area contributed by atoms with E-state index < -0.39 is 0 Å². The molecule has 0 aliphatic rings. The zero-order valence-electron chi connectivity index (χ0n) is 18.3. The molecule has 0 spiro atoms. The molecule has 0 aliphatic carbocycles. The van der Waals surface area contributed by atoms with E-state index >= 15 is 0 Å². The number of aromatic amines is 1. The second-order valence-electron chi connectivity index (χ2n) is 8.13. The van der Waals surface area contributed by atoms with Gasteiger partial charge in [0.15, 0.2) is 0 Å². The molecule has 0 amide bonds. The van der Waals surface area contributed by atoms with Gasteiger partial charge in [0.1, 0.15) is 11.2 Å². The molecule has 0 radical (unpaired) electrons. The molecular weight excluding hydrogens is 435 g/mol. The van der Waals surface area contributed by atoms with Crippen molar-refractivity contribution in [2.45, 2.75) is 33.1 Å². The third-order valence-corrected chi connectivity index (χ3v) is 6.55. The van der Waals surface area contributed by atoms with Gasteiger partial charge in [0.25, 0.3) is 0 Å². The number of benzene rings is 3. The summed E-state index contributed by atoms with van der Waals surface area (Å²) in [6.07, 6.45) is 1.02. The molecule has 0 fully saturated rings. The number of nitrogens with zero attached hydrogens (tertiary/aromatic N) is 1. The lowest BCUT2D eigenvalue weighted by Crippen LogP contribution is -2.02. The van der Waals surface area contributed by atoms with Crippen molar-refractivity contribution < 1.29 is 0 Å². The van der Waals surface area contributed by atoms with Crippen molar-refractivity contribution in [3.63, 3.8) is 0 Å². The number of aromatic nitrogens is 1. The van der Waals surface area contributed by atoms with Crippen LogP contribution in [0.4, 0.5) is 0 Å². The number of nitriles is 1. The van der Waals surface area contributed by atoms with Crippen molar-refractivity contribution in [2.24, 2.45) is 0 Å². The van der Waals surface area contributed by atoms with E-state index in [2.05, 4.69) is 74.3 Å². The van der Waals surface area contributed by atoms with Crippen molar-refractivity contribution in [1.29, 1.82) is 5.26 Å². The Balaban J connectivity index is 1.72. The van der Waals surface area contributed by atoms with Crippen LogP contribution in [0.1, 0.15) is 47.1 Å². The number of H-pyrrole nitrogens is 1. The summed E-state index contributed by atoms with van der Waals surface area (Å²) in [5.41, 5.74) is 8.97. The molecule has 1 atom stereocenters. The van der Waals surface area contributed by atoms with E-state index in [0.29, 0.717) is 27.2 Å². The van der Waals surface area contributed by atoms with Gasteiger partial charge in [-0.05, 0) is 60.2 Å². The number of hydrogen-bond acceptors (Lipinski definition) is 1. The van der Waals surface area contributed by atoms with Crippen molar-refractivity contribution in [3.05, 3.63) is 105 Å². The van der Waals surface area contributed by atoms with E-state index in [1.54, 1.807) is 12.1 Å². The summed E-state index contributed by atoms with van der Waals surface area (Å²) >= 11 is 12.5. The van der Waals surface area contributed by atoms with E-state index in [-0.39, 0.29) is 0 Å². The molecule has 4 heteroatoms. The third kappa shape index (κ3) is 4.19. The topological polar surface area (TPSA) is 39.6 Å². The fourth-order valence-electron chi connectivity index (χ4n) is 4.42. The highest BCUT2D eigenvalue weighted by atomic mass is 35.5. The van der Waals surface area contributed by atoms with E-state index in [0.717, 1.165) is 23.2 Å². The molecule has 4 aromatic rings. The average Bonchev–Trinajstić information content (AvgIpc) is 3.13. The summed E-state index contributed by atoms with van der Waals surface area (Å²) < 4.78 is 0. The van der Waals surface area contributed by atoms with Gasteiger partial charge < -0.3 is 4.98 Å². The zero-order valence-corrected chi connectivity index (χ0v) is 19.9. The minimum Gasteiger partial charge on any atom is -0.344 e. The van der Waals surface area contributed by atoms with Gasteiger partial charge in [-0.2, -0.15) is 5.26 Å². The van der Waals surface area contributed by atoms with Gasteiger partial charge in [0.2, 0.25) is 0 Å². The number of aryl methyl sites for hydroxylation is 2. The maximum Gasteiger partial charge on any atom is 0.116 e. The Bertz CT molecular complexity index is 1290. The summed E-state index contributed by atoms with van der Waals surface area (Å²) in [6, 6.07) is 24.8. The Labute approximate surface area is 199 Å². The number of nitrogens with one attached hydrogen (secondary N) is 1. The predicted octanol–water partition coefficient (Wildman–Crippen LogP) is 8.69. The first kappa shape index (κ1) is 22.2. The molecule has 1 N–H and O–H groups in total. The molecule has 160 valence electrons. The van der Waals surface area contributed by atoms with Crippen LogP contribution in [-0.4, -0.2) is 4.98 Å². The maximum absolute atomic E-state index is 9.92. The third-order valence-electron chi connectivity index (χ3n) is 6.01. The first-order valence-corrected chi connectivity index (χ1v) is 11.4. The van der Waals surface area contributed by atoms with Crippen LogP contribution in [0.2, 0.25) is 10.2 Å². The number of hydrogen-bond donors (Lipinski definition) is 1. The second kappa shape index (κ2) is 9.25. The molecule has 0 bridgehead atoms. The van der Waals surface area contributed by atoms with Gasteiger partial charge in [-0.1, -0.05) is 90.3 Å². The Hall–Kier alpha value is -2.99. The molecule has 3 aromatic carbocycles. The first-order chi connectivity index (χ1) is 15.4. The fourth-order valence-corrected chi connectivity index (χ4v) is 4.84. The zero-order chi connectivity index (χ0) is 22.8. The van der Waals surface area contributed by atoms with Crippen molar-refractivity contribution in [2.75, 3.05) is 0 Å². The molecule has 32 heavy (non-hydrogen) atoms. The standard InChI is InChI=1S/C28H24Cl2N2/c1-4-23(24-14-5-17(2)15-18(24)3)19-6-8-21(9-7-19)27-25(16-31)26(28(30)32-27)20-10-12-22(29)13-11-20/h5-15,23,32H,4H2,1-3H3. The van der Waals surface area contributed by atoms with Gasteiger partial charge >= 0.3 is 0 Å². The van der Waals surface area contributed by atoms with Crippen LogP contribution in [0.15, 0.2) is 66.7 Å². The van der Waals surface area contributed by atoms with Crippen LogP contribution >= 0.6 is 23.2 Å². The molecule has 0 saturated heterocycles. The minimum atomic E-state index is 0.331. The highest BCUT2D eigenvalue weighted by Gasteiger charge is 2.20. The molecule has 1 unspecified atom stereocenters. The number of halogens is 2. The highest BCUT2D eigenvalue weighted by molar-refractivity contribution is 6.33. The molecule has 1 aromatic heterocycles. The lowest BCUT2D eigenvalue weighted by molar-refractivity contribution is 0.771. The SMILES string of the molecule is CCC(c1ccc(-c2[nH]c(Cl)c(-c3ccc(Cl)cc3)c2C#N)cc1)c1ccc(C)cc1C. The van der Waals surface area contributed by atoms with E-state index in [4.69, 9.17) is 23.2 Å². The number of rotatable bonds is 5. The lowest BCUT2D eigenvalue weighted by atomic mass is 9.85. The minimum absolute atomic E-state index is 0.331. The first-order valence-electron chi connectivity index (χ1n) is 10.7. The molecule has 1 heterocycles. The molecule has 0 aliphatic heterocycles. The van der Waals surface area contributed by atoms with Crippen LogP contribution in [0.5, 0.6) is 0 Å². The van der Waals surface area contributed by atoms with Crippen molar-refractivity contribution >= 4 is 23.2 Å². The van der Waals surface area contributed by atoms with Gasteiger partial charge in [-0.3, -0.25) is 0 Å². The van der Waals surface area contributed by atoms with Crippen molar-refractivity contribution in [1.82, 2.24) is 4.98 Å². The van der Waals surface area contributed by atoms with Crippen LogP contribution in [0.25, 0.3) is 22.4 Å². The van der Waals surface area contributed by atoms with Gasteiger partial charge in [-0.25, -0.2) is 0 Å². The molecular formula is C28H24Cl2N2. The summed E-state index contributed by atoms with van der Waals surface area (Å²) in [7, 11) is 0. The van der Waals surface area contributed by atoms with Crippen molar-refractivity contribution in [3.8, 4) is 28.5 Å². The quantitative estimate of drug-likeness (QED) is 0.319. The normalized spacial score (nSPS) is 11.9. The van der Waals surface area contributed by atoms with E-state index in [9.17, 15) is 5.26 Å². The van der Waals surface area contributed by atoms with Gasteiger partial charge in [0.05, 0.1) is 11.3 Å². The van der Waals surface area contributed by atoms with E-state index in [1.807, 2.05) is 12.1 Å².